The standard InChI is InChI=1S/C23H13ClN2O2/c24-16-8-3-7-15(12-16)23(28)26-25-21-18-10-4-6-14-11-13-5-1-2-9-17(13)20(19(14)18)22(21)27/h1-12H,(H,26,28)/b25-21-. The molecule has 1 amide bonds. The van der Waals surface area contributed by atoms with E-state index in [1.54, 1.807) is 24.3 Å². The molecule has 5 rings (SSSR count). The number of nitrogens with zero attached hydrogens (tertiary/aromatic N) is 1. The van der Waals surface area contributed by atoms with E-state index in [0.717, 1.165) is 27.1 Å². The fraction of sp³-hybridized carbons (Fsp3) is 0. The molecule has 0 bridgehead atoms. The average molecular weight is 385 g/mol. The number of amides is 1. The Morgan fingerprint density at radius 2 is 1.68 bits per heavy atom. The number of halogens is 1. The van der Waals surface area contributed by atoms with E-state index in [4.69, 9.17) is 11.6 Å². The third-order valence-corrected chi connectivity index (χ3v) is 5.18. The largest absolute Gasteiger partial charge is 0.287 e. The van der Waals surface area contributed by atoms with E-state index in [0.29, 0.717) is 16.1 Å². The topological polar surface area (TPSA) is 58.5 Å². The molecule has 0 spiro atoms. The van der Waals surface area contributed by atoms with Gasteiger partial charge in [-0.05, 0) is 40.4 Å². The number of carbonyl (C=O) groups is 2. The lowest BCUT2D eigenvalue weighted by molar-refractivity contribution is 0.0955. The molecule has 0 atom stereocenters. The lowest BCUT2D eigenvalue weighted by atomic mass is 9.98. The molecule has 0 aromatic heterocycles. The minimum atomic E-state index is -0.421. The SMILES string of the molecule is O=C(N/N=C1\C(=O)c2c3ccccc3cc3cccc1c23)c1cccc(Cl)c1. The Morgan fingerprint density at radius 3 is 2.54 bits per heavy atom. The number of Topliss-reactive ketones (excluding diaryl/α,β-unsaturated/α-hetero) is 1. The molecule has 4 nitrogen and oxygen atoms in total. The van der Waals surface area contributed by atoms with Crippen LogP contribution in [0.15, 0.2) is 77.9 Å². The second-order valence-electron chi connectivity index (χ2n) is 6.62. The van der Waals surface area contributed by atoms with Gasteiger partial charge in [-0.3, -0.25) is 9.59 Å². The van der Waals surface area contributed by atoms with Gasteiger partial charge in [0.25, 0.3) is 5.91 Å². The number of carbonyl (C=O) groups excluding carboxylic acids is 2. The normalized spacial score (nSPS) is 14.2. The van der Waals surface area contributed by atoms with Crippen LogP contribution in [0.4, 0.5) is 0 Å². The summed E-state index contributed by atoms with van der Waals surface area (Å²) in [6.45, 7) is 0. The van der Waals surface area contributed by atoms with Crippen molar-refractivity contribution in [3.05, 3.63) is 94.5 Å². The predicted molar refractivity (Wildman–Crippen MR) is 111 cm³/mol. The first-order valence-electron chi connectivity index (χ1n) is 8.76. The smallest absolute Gasteiger partial charge is 0.271 e. The Hall–Kier alpha value is -3.50. The summed E-state index contributed by atoms with van der Waals surface area (Å²) < 4.78 is 0. The van der Waals surface area contributed by atoms with Crippen molar-refractivity contribution < 1.29 is 9.59 Å². The number of rotatable bonds is 2. The Kier molecular flexibility index (Phi) is 3.74. The first-order chi connectivity index (χ1) is 13.6. The molecule has 0 radical (unpaired) electrons. The number of hydrogen-bond acceptors (Lipinski definition) is 3. The molecule has 134 valence electrons. The lowest BCUT2D eigenvalue weighted by Crippen LogP contribution is -2.22. The zero-order valence-electron chi connectivity index (χ0n) is 14.6. The molecule has 5 heteroatoms. The van der Waals surface area contributed by atoms with Crippen LogP contribution in [0.25, 0.3) is 21.5 Å². The number of nitrogens with one attached hydrogen (secondary N) is 1. The highest BCUT2D eigenvalue weighted by Crippen LogP contribution is 2.36. The summed E-state index contributed by atoms with van der Waals surface area (Å²) in [7, 11) is 0. The van der Waals surface area contributed by atoms with Gasteiger partial charge < -0.3 is 0 Å². The molecule has 1 N–H and O–H groups in total. The van der Waals surface area contributed by atoms with Crippen molar-refractivity contribution in [1.82, 2.24) is 5.43 Å². The quantitative estimate of drug-likeness (QED) is 0.391. The summed E-state index contributed by atoms with van der Waals surface area (Å²) in [5, 5.41) is 8.38. The van der Waals surface area contributed by atoms with Crippen LogP contribution in [-0.4, -0.2) is 17.4 Å². The van der Waals surface area contributed by atoms with Gasteiger partial charge in [-0.2, -0.15) is 5.10 Å². The highest BCUT2D eigenvalue weighted by atomic mass is 35.5. The first kappa shape index (κ1) is 16.7. The Bertz CT molecular complexity index is 1340. The summed E-state index contributed by atoms with van der Waals surface area (Å²) in [5.74, 6) is -0.606. The Morgan fingerprint density at radius 1 is 0.893 bits per heavy atom. The van der Waals surface area contributed by atoms with E-state index in [1.807, 2.05) is 42.5 Å². The second-order valence-corrected chi connectivity index (χ2v) is 7.05. The summed E-state index contributed by atoms with van der Waals surface area (Å²) >= 11 is 5.94. The van der Waals surface area contributed by atoms with Gasteiger partial charge in [0.15, 0.2) is 0 Å². The molecule has 4 aromatic carbocycles. The fourth-order valence-electron chi connectivity index (χ4n) is 3.71. The van der Waals surface area contributed by atoms with Gasteiger partial charge in [0.1, 0.15) is 5.71 Å². The minimum Gasteiger partial charge on any atom is -0.287 e. The van der Waals surface area contributed by atoms with E-state index < -0.39 is 5.91 Å². The van der Waals surface area contributed by atoms with E-state index >= 15 is 0 Å². The zero-order valence-corrected chi connectivity index (χ0v) is 15.3. The Labute approximate surface area is 165 Å². The summed E-state index contributed by atoms with van der Waals surface area (Å²) in [6, 6.07) is 22.2. The third-order valence-electron chi connectivity index (χ3n) is 4.94. The number of benzene rings is 4. The molecule has 4 aromatic rings. The predicted octanol–water partition coefficient (Wildman–Crippen LogP) is 4.98. The van der Waals surface area contributed by atoms with Gasteiger partial charge in [-0.25, -0.2) is 5.43 Å². The zero-order chi connectivity index (χ0) is 19.3. The van der Waals surface area contributed by atoms with Crippen LogP contribution in [0.1, 0.15) is 26.3 Å². The molecular weight excluding hydrogens is 372 g/mol. The van der Waals surface area contributed by atoms with E-state index in [-0.39, 0.29) is 11.5 Å². The van der Waals surface area contributed by atoms with E-state index in [1.165, 1.54) is 0 Å². The van der Waals surface area contributed by atoms with Gasteiger partial charge in [0, 0.05) is 27.1 Å². The van der Waals surface area contributed by atoms with Crippen LogP contribution >= 0.6 is 11.6 Å². The molecule has 0 saturated heterocycles. The van der Waals surface area contributed by atoms with Crippen molar-refractivity contribution in [2.24, 2.45) is 5.10 Å². The van der Waals surface area contributed by atoms with Gasteiger partial charge >= 0.3 is 0 Å². The van der Waals surface area contributed by atoms with E-state index in [9.17, 15) is 9.59 Å². The van der Waals surface area contributed by atoms with Crippen LogP contribution in [0.2, 0.25) is 5.02 Å². The van der Waals surface area contributed by atoms with Crippen molar-refractivity contribution in [3.63, 3.8) is 0 Å². The summed E-state index contributed by atoms with van der Waals surface area (Å²) in [6.07, 6.45) is 0. The van der Waals surface area contributed by atoms with Crippen LogP contribution in [0, 0.1) is 0 Å². The molecule has 1 aliphatic rings. The Balaban J connectivity index is 1.62. The highest BCUT2D eigenvalue weighted by molar-refractivity contribution is 6.61. The summed E-state index contributed by atoms with van der Waals surface area (Å²) in [4.78, 5) is 25.6. The van der Waals surface area contributed by atoms with E-state index in [2.05, 4.69) is 16.6 Å². The lowest BCUT2D eigenvalue weighted by Gasteiger charge is -2.05. The van der Waals surface area contributed by atoms with Crippen molar-refractivity contribution >= 4 is 50.5 Å². The van der Waals surface area contributed by atoms with Crippen molar-refractivity contribution in [2.75, 3.05) is 0 Å². The van der Waals surface area contributed by atoms with Crippen LogP contribution in [0.3, 0.4) is 0 Å². The molecule has 0 heterocycles. The number of fused-ring (bicyclic) bond motifs is 2. The third kappa shape index (κ3) is 2.50. The summed E-state index contributed by atoms with van der Waals surface area (Å²) in [5.41, 5.74) is 4.48. The van der Waals surface area contributed by atoms with Crippen LogP contribution < -0.4 is 5.43 Å². The highest BCUT2D eigenvalue weighted by Gasteiger charge is 2.31. The van der Waals surface area contributed by atoms with Crippen molar-refractivity contribution in [1.29, 1.82) is 0 Å². The second kappa shape index (κ2) is 6.29. The maximum Gasteiger partial charge on any atom is 0.271 e. The number of hydrogen-bond donors (Lipinski definition) is 1. The molecule has 0 saturated carbocycles. The van der Waals surface area contributed by atoms with Gasteiger partial charge in [-0.15, -0.1) is 0 Å². The molecule has 0 unspecified atom stereocenters. The maximum absolute atomic E-state index is 13.2. The van der Waals surface area contributed by atoms with Crippen LogP contribution in [0.5, 0.6) is 0 Å². The minimum absolute atomic E-state index is 0.186. The molecule has 0 aliphatic heterocycles. The van der Waals surface area contributed by atoms with Gasteiger partial charge in [0.05, 0.1) is 0 Å². The van der Waals surface area contributed by atoms with Gasteiger partial charge in [-0.1, -0.05) is 60.1 Å². The van der Waals surface area contributed by atoms with Gasteiger partial charge in [0.2, 0.25) is 5.78 Å². The number of hydrazone groups is 1. The van der Waals surface area contributed by atoms with Crippen LogP contribution in [-0.2, 0) is 0 Å². The average Bonchev–Trinajstić information content (AvgIpc) is 3.00. The molecule has 0 fully saturated rings. The van der Waals surface area contributed by atoms with Crippen molar-refractivity contribution in [2.45, 2.75) is 0 Å². The molecule has 1 aliphatic carbocycles. The molecule has 28 heavy (non-hydrogen) atoms. The first-order valence-corrected chi connectivity index (χ1v) is 9.14. The molecular formula is C23H13ClN2O2. The monoisotopic (exact) mass is 384 g/mol. The number of ketones is 1. The van der Waals surface area contributed by atoms with Crippen molar-refractivity contribution in [3.8, 4) is 0 Å². The fourth-order valence-corrected chi connectivity index (χ4v) is 3.90. The maximum atomic E-state index is 13.2.